The van der Waals surface area contributed by atoms with E-state index in [0.29, 0.717) is 29.7 Å². The summed E-state index contributed by atoms with van der Waals surface area (Å²) >= 11 is 5.87. The summed E-state index contributed by atoms with van der Waals surface area (Å²) in [5.41, 5.74) is 1.50. The van der Waals surface area contributed by atoms with Crippen molar-refractivity contribution in [2.45, 2.75) is 25.3 Å². The maximum atomic E-state index is 13.5. The molecule has 1 amide bonds. The Morgan fingerprint density at radius 2 is 2.11 bits per heavy atom. The number of aromatic hydroxyl groups is 1. The van der Waals surface area contributed by atoms with E-state index in [1.165, 1.54) is 18.2 Å². The van der Waals surface area contributed by atoms with Crippen molar-refractivity contribution >= 4 is 28.5 Å². The summed E-state index contributed by atoms with van der Waals surface area (Å²) in [5, 5.41) is 10.0. The van der Waals surface area contributed by atoms with Gasteiger partial charge in [0, 0.05) is 24.2 Å². The van der Waals surface area contributed by atoms with Crippen LogP contribution in [0.2, 0.25) is 5.02 Å². The van der Waals surface area contributed by atoms with Crippen molar-refractivity contribution in [1.29, 1.82) is 0 Å². The number of nitrogens with one attached hydrogen (secondary N) is 1. The zero-order valence-corrected chi connectivity index (χ0v) is 15.7. The number of carbonyl (C=O) groups excluding carboxylic acids is 1. The average Bonchev–Trinajstić information content (AvgIpc) is 2.96. The number of amides is 1. The molecule has 8 heteroatoms. The van der Waals surface area contributed by atoms with Gasteiger partial charge in [0.05, 0.1) is 23.5 Å². The number of fused-ring (bicyclic) bond motifs is 1. The molecule has 0 bridgehead atoms. The summed E-state index contributed by atoms with van der Waals surface area (Å²) in [4.78, 5) is 29.7. The number of imidazole rings is 1. The van der Waals surface area contributed by atoms with Crippen molar-refractivity contribution in [2.24, 2.45) is 0 Å². The lowest BCUT2D eigenvalue weighted by Crippen LogP contribution is -2.43. The largest absolute Gasteiger partial charge is 0.508 e. The van der Waals surface area contributed by atoms with Crippen LogP contribution in [-0.4, -0.2) is 38.6 Å². The number of halogens is 2. The summed E-state index contributed by atoms with van der Waals surface area (Å²) in [7, 11) is 0. The van der Waals surface area contributed by atoms with Crippen LogP contribution in [0.1, 0.15) is 24.4 Å². The van der Waals surface area contributed by atoms with Crippen LogP contribution < -0.4 is 5.69 Å². The van der Waals surface area contributed by atoms with Gasteiger partial charge in [-0.15, -0.1) is 0 Å². The van der Waals surface area contributed by atoms with E-state index in [0.717, 1.165) is 12.8 Å². The van der Waals surface area contributed by atoms with Gasteiger partial charge < -0.3 is 15.0 Å². The molecule has 0 unspecified atom stereocenters. The highest BCUT2D eigenvalue weighted by atomic mass is 35.5. The molecule has 1 fully saturated rings. The SMILES string of the molecule is O=C(Cc1cc(F)cc(Cl)c1)N1CCC[C@H](n2c(=O)[nH]c3ccc(O)cc32)C1. The maximum absolute atomic E-state index is 13.5. The second-order valence-electron chi connectivity index (χ2n) is 7.09. The first kappa shape index (κ1) is 18.6. The van der Waals surface area contributed by atoms with E-state index < -0.39 is 5.82 Å². The number of nitrogens with zero attached hydrogens (tertiary/aromatic N) is 2. The zero-order valence-electron chi connectivity index (χ0n) is 15.0. The number of aromatic nitrogens is 2. The Balaban J connectivity index is 1.56. The Bertz CT molecular complexity index is 1090. The number of H-pyrrole nitrogens is 1. The minimum absolute atomic E-state index is 0.0494. The van der Waals surface area contributed by atoms with Gasteiger partial charge in [-0.25, -0.2) is 9.18 Å². The second kappa shape index (κ2) is 7.31. The van der Waals surface area contributed by atoms with Gasteiger partial charge in [0.1, 0.15) is 11.6 Å². The fraction of sp³-hybridized carbons (Fsp3) is 0.300. The smallest absolute Gasteiger partial charge is 0.326 e. The van der Waals surface area contributed by atoms with E-state index in [-0.39, 0.29) is 34.8 Å². The van der Waals surface area contributed by atoms with Crippen LogP contribution >= 0.6 is 11.6 Å². The average molecular weight is 404 g/mol. The van der Waals surface area contributed by atoms with Crippen LogP contribution in [0.15, 0.2) is 41.2 Å². The number of phenols is 1. The van der Waals surface area contributed by atoms with Crippen molar-refractivity contribution in [2.75, 3.05) is 13.1 Å². The lowest BCUT2D eigenvalue weighted by molar-refractivity contribution is -0.132. The first-order valence-electron chi connectivity index (χ1n) is 9.06. The third kappa shape index (κ3) is 3.62. The van der Waals surface area contributed by atoms with Crippen LogP contribution in [0.25, 0.3) is 11.0 Å². The minimum atomic E-state index is -0.475. The molecule has 0 saturated carbocycles. The van der Waals surface area contributed by atoms with E-state index in [4.69, 9.17) is 11.6 Å². The molecule has 6 nitrogen and oxygen atoms in total. The molecule has 2 N–H and O–H groups in total. The molecule has 2 heterocycles. The van der Waals surface area contributed by atoms with Crippen LogP contribution in [-0.2, 0) is 11.2 Å². The predicted molar refractivity (Wildman–Crippen MR) is 104 cm³/mol. The van der Waals surface area contributed by atoms with Gasteiger partial charge >= 0.3 is 5.69 Å². The van der Waals surface area contributed by atoms with Crippen LogP contribution in [0.5, 0.6) is 5.75 Å². The van der Waals surface area contributed by atoms with Crippen molar-refractivity contribution in [3.8, 4) is 5.75 Å². The maximum Gasteiger partial charge on any atom is 0.326 e. The Kier molecular flexibility index (Phi) is 4.85. The summed E-state index contributed by atoms with van der Waals surface area (Å²) in [6, 6.07) is 8.60. The molecule has 0 aliphatic carbocycles. The lowest BCUT2D eigenvalue weighted by atomic mass is 10.0. The Morgan fingerprint density at radius 1 is 1.29 bits per heavy atom. The fourth-order valence-electron chi connectivity index (χ4n) is 3.86. The van der Waals surface area contributed by atoms with Crippen molar-refractivity contribution in [3.63, 3.8) is 0 Å². The molecule has 1 atom stereocenters. The van der Waals surface area contributed by atoms with Gasteiger partial charge in [0.25, 0.3) is 0 Å². The van der Waals surface area contributed by atoms with Gasteiger partial charge in [-0.2, -0.15) is 0 Å². The first-order valence-corrected chi connectivity index (χ1v) is 9.44. The number of benzene rings is 2. The highest BCUT2D eigenvalue weighted by molar-refractivity contribution is 6.30. The number of hydrogen-bond acceptors (Lipinski definition) is 3. The van der Waals surface area contributed by atoms with Gasteiger partial charge in [-0.3, -0.25) is 9.36 Å². The number of phenolic OH excluding ortho intramolecular Hbond substituents is 1. The molecule has 4 rings (SSSR count). The molecule has 1 saturated heterocycles. The molecule has 0 radical (unpaired) electrons. The third-order valence-corrected chi connectivity index (χ3v) is 5.31. The molecular weight excluding hydrogens is 385 g/mol. The van der Waals surface area contributed by atoms with Crippen molar-refractivity contribution in [3.05, 3.63) is 63.3 Å². The molecule has 0 spiro atoms. The van der Waals surface area contributed by atoms with E-state index in [9.17, 15) is 19.1 Å². The Hall–Kier alpha value is -2.80. The Labute approximate surface area is 165 Å². The first-order chi connectivity index (χ1) is 13.4. The third-order valence-electron chi connectivity index (χ3n) is 5.09. The molecule has 3 aromatic rings. The fourth-order valence-corrected chi connectivity index (χ4v) is 4.11. The summed E-state index contributed by atoms with van der Waals surface area (Å²) in [6.07, 6.45) is 1.55. The highest BCUT2D eigenvalue weighted by Crippen LogP contribution is 2.26. The van der Waals surface area contributed by atoms with E-state index >= 15 is 0 Å². The molecule has 28 heavy (non-hydrogen) atoms. The predicted octanol–water partition coefficient (Wildman–Crippen LogP) is 3.23. The molecule has 1 aromatic heterocycles. The molecule has 2 aromatic carbocycles. The Morgan fingerprint density at radius 3 is 2.89 bits per heavy atom. The summed E-state index contributed by atoms with van der Waals surface area (Å²) in [5.74, 6) is -0.536. The van der Waals surface area contributed by atoms with Crippen molar-refractivity contribution < 1.29 is 14.3 Å². The van der Waals surface area contributed by atoms with Gasteiger partial charge in [-0.1, -0.05) is 11.6 Å². The number of carbonyl (C=O) groups is 1. The van der Waals surface area contributed by atoms with Crippen LogP contribution in [0.4, 0.5) is 4.39 Å². The van der Waals surface area contributed by atoms with Gasteiger partial charge in [-0.05, 0) is 48.7 Å². The highest BCUT2D eigenvalue weighted by Gasteiger charge is 2.27. The van der Waals surface area contributed by atoms with Crippen LogP contribution in [0.3, 0.4) is 0 Å². The number of piperidine rings is 1. The number of rotatable bonds is 3. The quantitative estimate of drug-likeness (QED) is 0.704. The number of likely N-dealkylation sites (tertiary alicyclic amines) is 1. The zero-order chi connectivity index (χ0) is 19.8. The molecular formula is C20H19ClFN3O3. The second-order valence-corrected chi connectivity index (χ2v) is 7.53. The topological polar surface area (TPSA) is 78.3 Å². The molecule has 146 valence electrons. The summed E-state index contributed by atoms with van der Waals surface area (Å²) in [6.45, 7) is 0.963. The monoisotopic (exact) mass is 403 g/mol. The number of aromatic amines is 1. The van der Waals surface area contributed by atoms with Crippen molar-refractivity contribution in [1.82, 2.24) is 14.5 Å². The summed E-state index contributed by atoms with van der Waals surface area (Å²) < 4.78 is 15.1. The van der Waals surface area contributed by atoms with E-state index in [1.807, 2.05) is 0 Å². The minimum Gasteiger partial charge on any atom is -0.508 e. The molecule has 1 aliphatic rings. The van der Waals surface area contributed by atoms with E-state index in [2.05, 4.69) is 4.98 Å². The van der Waals surface area contributed by atoms with E-state index in [1.54, 1.807) is 27.7 Å². The standard InChI is InChI=1S/C20H19ClFN3O3/c21-13-6-12(7-14(22)9-13)8-19(27)24-5-1-2-15(11-24)25-18-10-16(26)3-4-17(18)23-20(25)28/h3-4,6-7,9-10,15,26H,1-2,5,8,11H2,(H,23,28)/t15-/m0/s1. The van der Waals surface area contributed by atoms with Gasteiger partial charge in [0.2, 0.25) is 5.91 Å². The van der Waals surface area contributed by atoms with Crippen LogP contribution in [0, 0.1) is 5.82 Å². The normalized spacial score (nSPS) is 17.2. The van der Waals surface area contributed by atoms with Gasteiger partial charge in [0.15, 0.2) is 0 Å². The lowest BCUT2D eigenvalue weighted by Gasteiger charge is -2.33. The molecule has 1 aliphatic heterocycles. The number of hydrogen-bond donors (Lipinski definition) is 2.